The van der Waals surface area contributed by atoms with Gasteiger partial charge in [0, 0.05) is 6.54 Å². The first kappa shape index (κ1) is 14.0. The molecule has 2 nitrogen and oxygen atoms in total. The largest absolute Gasteiger partial charge is 0.326 e. The highest BCUT2D eigenvalue weighted by atomic mass is 35.5. The number of nitrogens with zero attached hydrogens (tertiary/aromatic N) is 2. The van der Waals surface area contributed by atoms with Gasteiger partial charge in [0.2, 0.25) is 0 Å². The molecule has 2 aromatic rings. The maximum Gasteiger partial charge on any atom is 0.124 e. The van der Waals surface area contributed by atoms with E-state index in [-0.39, 0.29) is 0 Å². The Hall–Kier alpha value is -0.380. The van der Waals surface area contributed by atoms with E-state index in [4.69, 9.17) is 23.2 Å². The van der Waals surface area contributed by atoms with Crippen molar-refractivity contribution in [2.45, 2.75) is 25.8 Å². The highest BCUT2D eigenvalue weighted by molar-refractivity contribution is 7.99. The number of hydrogen-bond acceptors (Lipinski definition) is 2. The lowest BCUT2D eigenvalue weighted by Crippen LogP contribution is -2.03. The summed E-state index contributed by atoms with van der Waals surface area (Å²) in [6.45, 7) is 3.10. The molecule has 0 amide bonds. The van der Waals surface area contributed by atoms with Crippen molar-refractivity contribution in [2.75, 3.05) is 11.5 Å². The van der Waals surface area contributed by atoms with Gasteiger partial charge in [-0.15, -0.1) is 11.6 Å². The quantitative estimate of drug-likeness (QED) is 0.574. The fourth-order valence-electron chi connectivity index (χ4n) is 2.00. The Labute approximate surface area is 122 Å². The molecule has 0 aliphatic carbocycles. The zero-order valence-electron chi connectivity index (χ0n) is 10.3. The SMILES string of the molecule is CCSCCCn1c(CCl)nc2cccc(Cl)c21. The Morgan fingerprint density at radius 3 is 2.94 bits per heavy atom. The molecule has 98 valence electrons. The topological polar surface area (TPSA) is 17.8 Å². The van der Waals surface area contributed by atoms with Crippen molar-refractivity contribution in [1.82, 2.24) is 9.55 Å². The first-order chi connectivity index (χ1) is 8.77. The highest BCUT2D eigenvalue weighted by Gasteiger charge is 2.12. The Kier molecular flexibility index (Phi) is 5.22. The molecule has 0 N–H and O–H groups in total. The van der Waals surface area contributed by atoms with Crippen LogP contribution in [0.15, 0.2) is 18.2 Å². The van der Waals surface area contributed by atoms with Crippen molar-refractivity contribution < 1.29 is 0 Å². The zero-order valence-corrected chi connectivity index (χ0v) is 12.7. The maximum atomic E-state index is 6.26. The van der Waals surface area contributed by atoms with Gasteiger partial charge in [-0.2, -0.15) is 11.8 Å². The second kappa shape index (κ2) is 6.69. The van der Waals surface area contributed by atoms with Crippen LogP contribution in [-0.2, 0) is 12.4 Å². The molecule has 0 aliphatic heterocycles. The van der Waals surface area contributed by atoms with E-state index in [0.717, 1.165) is 46.4 Å². The standard InChI is InChI=1S/C13H16Cl2N2S/c1-2-18-8-4-7-17-12(9-14)16-11-6-3-5-10(15)13(11)17/h3,5-6H,2,4,7-9H2,1H3. The predicted octanol–water partition coefficient (Wildman–Crippen LogP) is 4.57. The monoisotopic (exact) mass is 302 g/mol. The number of rotatable bonds is 6. The van der Waals surface area contributed by atoms with Gasteiger partial charge in [-0.05, 0) is 30.1 Å². The van der Waals surface area contributed by atoms with E-state index in [1.807, 2.05) is 30.0 Å². The molecule has 2 rings (SSSR count). The van der Waals surface area contributed by atoms with Crippen LogP contribution in [-0.4, -0.2) is 21.1 Å². The number of para-hydroxylation sites is 1. The van der Waals surface area contributed by atoms with Crippen molar-refractivity contribution in [2.24, 2.45) is 0 Å². The lowest BCUT2D eigenvalue weighted by atomic mass is 10.3. The van der Waals surface area contributed by atoms with Crippen LogP contribution in [0.3, 0.4) is 0 Å². The number of aryl methyl sites for hydroxylation is 1. The summed E-state index contributed by atoms with van der Waals surface area (Å²) in [5.74, 6) is 3.64. The summed E-state index contributed by atoms with van der Waals surface area (Å²) in [5, 5.41) is 0.750. The maximum absolute atomic E-state index is 6.26. The molecule has 0 aliphatic rings. The van der Waals surface area contributed by atoms with Gasteiger partial charge in [-0.25, -0.2) is 4.98 Å². The molecule has 0 radical (unpaired) electrons. The van der Waals surface area contributed by atoms with Gasteiger partial charge in [0.05, 0.1) is 21.9 Å². The molecule has 1 aromatic heterocycles. The second-order valence-electron chi connectivity index (χ2n) is 3.97. The van der Waals surface area contributed by atoms with E-state index in [2.05, 4.69) is 16.5 Å². The number of benzene rings is 1. The van der Waals surface area contributed by atoms with E-state index in [1.165, 1.54) is 0 Å². The molecule has 0 atom stereocenters. The first-order valence-corrected chi connectivity index (χ1v) is 8.12. The summed E-state index contributed by atoms with van der Waals surface area (Å²) >= 11 is 14.2. The number of imidazole rings is 1. The smallest absolute Gasteiger partial charge is 0.124 e. The summed E-state index contributed by atoms with van der Waals surface area (Å²) < 4.78 is 2.15. The third-order valence-corrected chi connectivity index (χ3v) is 4.32. The first-order valence-electron chi connectivity index (χ1n) is 6.05. The van der Waals surface area contributed by atoms with Crippen LogP contribution in [0, 0.1) is 0 Å². The molecule has 0 bridgehead atoms. The molecular weight excluding hydrogens is 287 g/mol. The fraction of sp³-hybridized carbons (Fsp3) is 0.462. The summed E-state index contributed by atoms with van der Waals surface area (Å²) in [5.41, 5.74) is 1.94. The minimum atomic E-state index is 0.423. The molecule has 0 saturated heterocycles. The van der Waals surface area contributed by atoms with Crippen molar-refractivity contribution in [1.29, 1.82) is 0 Å². The molecule has 0 unspecified atom stereocenters. The van der Waals surface area contributed by atoms with Gasteiger partial charge in [-0.3, -0.25) is 0 Å². The third kappa shape index (κ3) is 2.95. The van der Waals surface area contributed by atoms with Gasteiger partial charge >= 0.3 is 0 Å². The average Bonchev–Trinajstić information content (AvgIpc) is 2.74. The molecule has 0 fully saturated rings. The van der Waals surface area contributed by atoms with Crippen LogP contribution in [0.5, 0.6) is 0 Å². The summed E-state index contributed by atoms with van der Waals surface area (Å²) in [6.07, 6.45) is 1.11. The van der Waals surface area contributed by atoms with E-state index >= 15 is 0 Å². The lowest BCUT2D eigenvalue weighted by Gasteiger charge is -2.08. The van der Waals surface area contributed by atoms with E-state index < -0.39 is 0 Å². The Balaban J connectivity index is 2.28. The molecular formula is C13H16Cl2N2S. The van der Waals surface area contributed by atoms with E-state index in [9.17, 15) is 0 Å². The van der Waals surface area contributed by atoms with Gasteiger partial charge in [-0.1, -0.05) is 24.6 Å². The lowest BCUT2D eigenvalue weighted by molar-refractivity contribution is 0.677. The zero-order chi connectivity index (χ0) is 13.0. The predicted molar refractivity (Wildman–Crippen MR) is 81.9 cm³/mol. The third-order valence-electron chi connectivity index (χ3n) is 2.79. The number of aromatic nitrogens is 2. The fourth-order valence-corrected chi connectivity index (χ4v) is 3.10. The number of hydrogen-bond donors (Lipinski definition) is 0. The minimum absolute atomic E-state index is 0.423. The van der Waals surface area contributed by atoms with Crippen LogP contribution in [0.2, 0.25) is 5.02 Å². The summed E-state index contributed by atoms with van der Waals surface area (Å²) in [7, 11) is 0. The molecule has 0 spiro atoms. The Bertz CT molecular complexity index is 525. The van der Waals surface area contributed by atoms with E-state index in [1.54, 1.807) is 0 Å². The number of alkyl halides is 1. The van der Waals surface area contributed by atoms with Gasteiger partial charge in [0.15, 0.2) is 0 Å². The summed E-state index contributed by atoms with van der Waals surface area (Å²) in [4.78, 5) is 4.53. The van der Waals surface area contributed by atoms with Crippen LogP contribution < -0.4 is 0 Å². The van der Waals surface area contributed by atoms with Crippen LogP contribution in [0.4, 0.5) is 0 Å². The normalized spacial score (nSPS) is 11.3. The van der Waals surface area contributed by atoms with Crippen molar-refractivity contribution in [3.05, 3.63) is 29.0 Å². The number of halogens is 2. The van der Waals surface area contributed by atoms with Crippen LogP contribution >= 0.6 is 35.0 Å². The average molecular weight is 303 g/mol. The second-order valence-corrected chi connectivity index (χ2v) is 6.04. The van der Waals surface area contributed by atoms with Crippen molar-refractivity contribution in [3.8, 4) is 0 Å². The Morgan fingerprint density at radius 2 is 2.22 bits per heavy atom. The van der Waals surface area contributed by atoms with Crippen molar-refractivity contribution in [3.63, 3.8) is 0 Å². The molecule has 5 heteroatoms. The molecule has 1 aromatic carbocycles. The Morgan fingerprint density at radius 1 is 1.39 bits per heavy atom. The van der Waals surface area contributed by atoms with Gasteiger partial charge in [0.1, 0.15) is 5.82 Å². The number of fused-ring (bicyclic) bond motifs is 1. The molecule has 0 saturated carbocycles. The van der Waals surface area contributed by atoms with Crippen LogP contribution in [0.25, 0.3) is 11.0 Å². The number of thioether (sulfide) groups is 1. The molecule has 18 heavy (non-hydrogen) atoms. The van der Waals surface area contributed by atoms with Gasteiger partial charge < -0.3 is 4.57 Å². The van der Waals surface area contributed by atoms with Gasteiger partial charge in [0.25, 0.3) is 0 Å². The molecule has 1 heterocycles. The van der Waals surface area contributed by atoms with Crippen LogP contribution in [0.1, 0.15) is 19.2 Å². The van der Waals surface area contributed by atoms with E-state index in [0.29, 0.717) is 5.88 Å². The minimum Gasteiger partial charge on any atom is -0.326 e. The summed E-state index contributed by atoms with van der Waals surface area (Å²) in [6, 6.07) is 5.81. The highest BCUT2D eigenvalue weighted by Crippen LogP contribution is 2.25. The van der Waals surface area contributed by atoms with Crippen molar-refractivity contribution >= 4 is 46.0 Å².